The highest BCUT2D eigenvalue weighted by Crippen LogP contribution is 2.27. The van der Waals surface area contributed by atoms with Crippen LogP contribution in [0.1, 0.15) is 31.9 Å². The Bertz CT molecular complexity index is 1250. The zero-order valence-corrected chi connectivity index (χ0v) is 17.7. The zero-order chi connectivity index (χ0) is 20.6. The Labute approximate surface area is 174 Å². The third-order valence-corrected chi connectivity index (χ3v) is 5.98. The van der Waals surface area contributed by atoms with Gasteiger partial charge >= 0.3 is 0 Å². The summed E-state index contributed by atoms with van der Waals surface area (Å²) in [6.45, 7) is 10.8. The van der Waals surface area contributed by atoms with Crippen molar-refractivity contribution in [3.8, 4) is 0 Å². The van der Waals surface area contributed by atoms with Crippen molar-refractivity contribution in [1.29, 1.82) is 0 Å². The number of allylic oxidation sites excluding steroid dienone is 1. The predicted octanol–water partition coefficient (Wildman–Crippen LogP) is 4.82. The Balaban J connectivity index is 1.73. The Hall–Kier alpha value is -2.86. The molecule has 29 heavy (non-hydrogen) atoms. The lowest BCUT2D eigenvalue weighted by molar-refractivity contribution is 0.590. The Morgan fingerprint density at radius 2 is 1.79 bits per heavy atom. The van der Waals surface area contributed by atoms with E-state index in [1.807, 2.05) is 28.7 Å². The highest BCUT2D eigenvalue weighted by Gasteiger charge is 2.17. The number of benzene rings is 2. The molecule has 5 nitrogen and oxygen atoms in total. The molecular weight excluding hydrogens is 380 g/mol. The molecule has 0 unspecified atom stereocenters. The second kappa shape index (κ2) is 7.52. The van der Waals surface area contributed by atoms with Gasteiger partial charge in [-0.25, -0.2) is 0 Å². The van der Waals surface area contributed by atoms with E-state index in [9.17, 15) is 4.79 Å². The van der Waals surface area contributed by atoms with E-state index in [1.54, 1.807) is 22.4 Å². The van der Waals surface area contributed by atoms with Gasteiger partial charge in [0, 0.05) is 12.3 Å². The first kappa shape index (κ1) is 19.5. The van der Waals surface area contributed by atoms with Crippen LogP contribution in [0.3, 0.4) is 0 Å². The Morgan fingerprint density at radius 1 is 1.07 bits per heavy atom. The fourth-order valence-electron chi connectivity index (χ4n) is 3.37. The molecule has 0 fully saturated rings. The third kappa shape index (κ3) is 3.60. The molecule has 0 saturated heterocycles. The standard InChI is InChI=1S/C23H24N4OS/c1-5-14-26-20(28)18-8-6-7-9-19(18)27-21(26)24-25-22(27)29-15-16-10-12-17(13-11-16)23(2,3)4/h5-13H,1,14-15H2,2-4H3. The molecule has 148 valence electrons. The smallest absolute Gasteiger partial charge is 0.263 e. The normalized spacial score (nSPS) is 12.0. The lowest BCUT2D eigenvalue weighted by Gasteiger charge is -2.19. The summed E-state index contributed by atoms with van der Waals surface area (Å²) in [6, 6.07) is 16.3. The van der Waals surface area contributed by atoms with E-state index in [4.69, 9.17) is 0 Å². The fourth-order valence-corrected chi connectivity index (χ4v) is 4.27. The van der Waals surface area contributed by atoms with E-state index in [1.165, 1.54) is 11.1 Å². The molecule has 0 aliphatic carbocycles. The summed E-state index contributed by atoms with van der Waals surface area (Å²) in [5, 5.41) is 10.1. The van der Waals surface area contributed by atoms with Crippen LogP contribution in [0, 0.1) is 0 Å². The second-order valence-corrected chi connectivity index (χ2v) is 9.02. The fraction of sp³-hybridized carbons (Fsp3) is 0.261. The highest BCUT2D eigenvalue weighted by atomic mass is 32.2. The van der Waals surface area contributed by atoms with Gasteiger partial charge in [-0.1, -0.05) is 75.0 Å². The van der Waals surface area contributed by atoms with E-state index in [0.29, 0.717) is 17.7 Å². The van der Waals surface area contributed by atoms with E-state index in [-0.39, 0.29) is 11.0 Å². The van der Waals surface area contributed by atoms with Crippen molar-refractivity contribution in [2.45, 2.75) is 43.6 Å². The number of thioether (sulfide) groups is 1. The summed E-state index contributed by atoms with van der Waals surface area (Å²) in [5.41, 5.74) is 3.43. The minimum absolute atomic E-state index is 0.0743. The summed E-state index contributed by atoms with van der Waals surface area (Å²) >= 11 is 1.62. The number of hydrogen-bond donors (Lipinski definition) is 0. The average Bonchev–Trinajstić information content (AvgIpc) is 3.13. The van der Waals surface area contributed by atoms with Gasteiger partial charge in [-0.3, -0.25) is 13.8 Å². The molecule has 6 heteroatoms. The van der Waals surface area contributed by atoms with Gasteiger partial charge in [-0.05, 0) is 28.7 Å². The molecule has 4 rings (SSSR count). The number of aromatic nitrogens is 4. The molecule has 0 saturated carbocycles. The van der Waals surface area contributed by atoms with Crippen molar-refractivity contribution >= 4 is 28.4 Å². The lowest BCUT2D eigenvalue weighted by atomic mass is 9.87. The van der Waals surface area contributed by atoms with Crippen LogP contribution in [0.2, 0.25) is 0 Å². The molecule has 0 aliphatic heterocycles. The van der Waals surface area contributed by atoms with Crippen LogP contribution < -0.4 is 5.56 Å². The highest BCUT2D eigenvalue weighted by molar-refractivity contribution is 7.98. The maximum Gasteiger partial charge on any atom is 0.263 e. The van der Waals surface area contributed by atoms with Gasteiger partial charge in [0.2, 0.25) is 5.78 Å². The monoisotopic (exact) mass is 404 g/mol. The van der Waals surface area contributed by atoms with E-state index >= 15 is 0 Å². The van der Waals surface area contributed by atoms with Gasteiger partial charge in [0.1, 0.15) is 0 Å². The Kier molecular flexibility index (Phi) is 5.04. The van der Waals surface area contributed by atoms with Gasteiger partial charge in [0.05, 0.1) is 10.9 Å². The van der Waals surface area contributed by atoms with Crippen molar-refractivity contribution in [3.63, 3.8) is 0 Å². The van der Waals surface area contributed by atoms with Crippen LogP contribution in [0.25, 0.3) is 16.7 Å². The summed E-state index contributed by atoms with van der Waals surface area (Å²) < 4.78 is 3.58. The van der Waals surface area contributed by atoms with Crippen LogP contribution in [0.5, 0.6) is 0 Å². The number of hydrogen-bond acceptors (Lipinski definition) is 4. The van der Waals surface area contributed by atoms with Crippen LogP contribution in [-0.4, -0.2) is 19.2 Å². The van der Waals surface area contributed by atoms with Gasteiger partial charge in [0.15, 0.2) is 5.16 Å². The third-order valence-electron chi connectivity index (χ3n) is 4.98. The maximum absolute atomic E-state index is 12.9. The minimum Gasteiger partial charge on any atom is -0.272 e. The molecule has 2 aromatic heterocycles. The van der Waals surface area contributed by atoms with Crippen LogP contribution >= 0.6 is 11.8 Å². The van der Waals surface area contributed by atoms with Gasteiger partial charge < -0.3 is 0 Å². The molecule has 0 aliphatic rings. The topological polar surface area (TPSA) is 52.2 Å². The summed E-state index contributed by atoms with van der Waals surface area (Å²) in [6.07, 6.45) is 1.70. The zero-order valence-electron chi connectivity index (χ0n) is 16.9. The SMILES string of the molecule is C=CCn1c(=O)c2ccccc2n2c(SCc3ccc(C(C)(C)C)cc3)nnc12. The first-order valence-electron chi connectivity index (χ1n) is 9.60. The Morgan fingerprint density at radius 3 is 2.48 bits per heavy atom. The molecule has 0 spiro atoms. The molecule has 0 amide bonds. The molecule has 2 heterocycles. The van der Waals surface area contributed by atoms with E-state index in [0.717, 1.165) is 16.4 Å². The van der Waals surface area contributed by atoms with Crippen LogP contribution in [0.15, 0.2) is 71.1 Å². The molecular formula is C23H24N4OS. The van der Waals surface area contributed by atoms with Gasteiger partial charge in [-0.15, -0.1) is 16.8 Å². The minimum atomic E-state index is -0.0743. The lowest BCUT2D eigenvalue weighted by Crippen LogP contribution is -2.22. The number of nitrogens with zero attached hydrogens (tertiary/aromatic N) is 4. The van der Waals surface area contributed by atoms with Crippen LogP contribution in [-0.2, 0) is 17.7 Å². The molecule has 0 N–H and O–H groups in total. The first-order chi connectivity index (χ1) is 13.9. The first-order valence-corrected chi connectivity index (χ1v) is 10.6. The second-order valence-electron chi connectivity index (χ2n) is 8.08. The molecule has 0 radical (unpaired) electrons. The molecule has 2 aromatic carbocycles. The number of para-hydroxylation sites is 1. The van der Waals surface area contributed by atoms with E-state index < -0.39 is 0 Å². The average molecular weight is 405 g/mol. The van der Waals surface area contributed by atoms with Gasteiger partial charge in [-0.2, -0.15) is 0 Å². The van der Waals surface area contributed by atoms with Crippen molar-refractivity contribution in [1.82, 2.24) is 19.2 Å². The summed E-state index contributed by atoms with van der Waals surface area (Å²) in [5.74, 6) is 1.32. The van der Waals surface area contributed by atoms with Crippen molar-refractivity contribution < 1.29 is 0 Å². The van der Waals surface area contributed by atoms with Crippen molar-refractivity contribution in [3.05, 3.63) is 82.7 Å². The maximum atomic E-state index is 12.9. The quantitative estimate of drug-likeness (QED) is 0.353. The van der Waals surface area contributed by atoms with E-state index in [2.05, 4.69) is 61.8 Å². The largest absolute Gasteiger partial charge is 0.272 e. The molecule has 0 bridgehead atoms. The predicted molar refractivity (Wildman–Crippen MR) is 120 cm³/mol. The van der Waals surface area contributed by atoms with Crippen molar-refractivity contribution in [2.24, 2.45) is 0 Å². The molecule has 0 atom stereocenters. The number of fused-ring (bicyclic) bond motifs is 3. The summed E-state index contributed by atoms with van der Waals surface area (Å²) in [7, 11) is 0. The summed E-state index contributed by atoms with van der Waals surface area (Å²) in [4.78, 5) is 12.9. The van der Waals surface area contributed by atoms with Gasteiger partial charge in [0.25, 0.3) is 5.56 Å². The number of rotatable bonds is 5. The van der Waals surface area contributed by atoms with Crippen molar-refractivity contribution in [2.75, 3.05) is 0 Å². The molecule has 4 aromatic rings. The van der Waals surface area contributed by atoms with Crippen LogP contribution in [0.4, 0.5) is 0 Å².